The molecule has 1 aliphatic rings. The number of rotatable bonds is 2. The molecule has 0 saturated carbocycles. The van der Waals surface area contributed by atoms with Gasteiger partial charge >= 0.3 is 0 Å². The number of hydrogen-bond donors (Lipinski definition) is 1. The third-order valence-electron chi connectivity index (χ3n) is 2.48. The highest BCUT2D eigenvalue weighted by Crippen LogP contribution is 2.28. The molecule has 0 aliphatic heterocycles. The maximum absolute atomic E-state index is 5.80. The number of aromatic nitrogens is 1. The summed E-state index contributed by atoms with van der Waals surface area (Å²) in [6, 6.07) is 2.20. The van der Waals surface area contributed by atoms with Crippen LogP contribution in [0.1, 0.15) is 18.4 Å². The minimum absolute atomic E-state index is 0.205. The predicted molar refractivity (Wildman–Crippen MR) is 56.0 cm³/mol. The van der Waals surface area contributed by atoms with Gasteiger partial charge in [-0.1, -0.05) is 6.08 Å². The molecule has 3 heteroatoms. The molecule has 1 aromatic heterocycles. The van der Waals surface area contributed by atoms with Crippen LogP contribution in [0.5, 0.6) is 5.75 Å². The fraction of sp³-hybridized carbons (Fsp3) is 0.364. The summed E-state index contributed by atoms with van der Waals surface area (Å²) in [5.41, 5.74) is 8.21. The van der Waals surface area contributed by atoms with E-state index in [4.69, 9.17) is 10.5 Å². The first-order valence-electron chi connectivity index (χ1n) is 4.75. The Balaban J connectivity index is 2.28. The summed E-state index contributed by atoms with van der Waals surface area (Å²) < 4.78 is 5.12. The van der Waals surface area contributed by atoms with Gasteiger partial charge in [-0.05, 0) is 30.0 Å². The molecule has 0 radical (unpaired) electrons. The van der Waals surface area contributed by atoms with Crippen molar-refractivity contribution in [2.24, 2.45) is 5.73 Å². The highest BCUT2D eigenvalue weighted by atomic mass is 16.5. The second-order valence-corrected chi connectivity index (χ2v) is 3.51. The maximum atomic E-state index is 5.80. The molecule has 1 aromatic rings. The zero-order valence-electron chi connectivity index (χ0n) is 8.23. The molecular weight excluding hydrogens is 176 g/mol. The summed E-state index contributed by atoms with van der Waals surface area (Å²) >= 11 is 0. The van der Waals surface area contributed by atoms with Crippen LogP contribution in [0.15, 0.2) is 24.5 Å². The Kier molecular flexibility index (Phi) is 2.50. The number of nitrogens with zero attached hydrogens (tertiary/aromatic N) is 1. The summed E-state index contributed by atoms with van der Waals surface area (Å²) in [4.78, 5) is 4.12. The Morgan fingerprint density at radius 1 is 1.50 bits per heavy atom. The van der Waals surface area contributed by atoms with Crippen LogP contribution in [-0.4, -0.2) is 18.1 Å². The van der Waals surface area contributed by atoms with Crippen molar-refractivity contribution in [1.82, 2.24) is 4.98 Å². The molecule has 2 rings (SSSR count). The van der Waals surface area contributed by atoms with Gasteiger partial charge in [0.1, 0.15) is 5.75 Å². The lowest BCUT2D eigenvalue weighted by Gasteiger charge is -2.03. The van der Waals surface area contributed by atoms with Gasteiger partial charge in [0.25, 0.3) is 0 Å². The van der Waals surface area contributed by atoms with Gasteiger partial charge in [-0.3, -0.25) is 4.98 Å². The molecule has 0 bridgehead atoms. The van der Waals surface area contributed by atoms with Crippen LogP contribution in [0.2, 0.25) is 0 Å². The summed E-state index contributed by atoms with van der Waals surface area (Å²) in [7, 11) is 1.65. The second kappa shape index (κ2) is 3.80. The molecule has 1 heterocycles. The molecule has 0 amide bonds. The molecule has 0 fully saturated rings. The lowest BCUT2D eigenvalue weighted by Crippen LogP contribution is -2.11. The Bertz CT molecular complexity index is 360. The molecule has 1 unspecified atom stereocenters. The van der Waals surface area contributed by atoms with E-state index in [0.717, 1.165) is 24.2 Å². The smallest absolute Gasteiger partial charge is 0.137 e. The molecule has 2 N–H and O–H groups in total. The zero-order chi connectivity index (χ0) is 9.97. The van der Waals surface area contributed by atoms with Crippen LogP contribution in [0.25, 0.3) is 5.57 Å². The predicted octanol–water partition coefficient (Wildman–Crippen LogP) is 1.59. The fourth-order valence-corrected chi connectivity index (χ4v) is 1.69. The van der Waals surface area contributed by atoms with E-state index >= 15 is 0 Å². The first-order chi connectivity index (χ1) is 6.79. The molecule has 14 heavy (non-hydrogen) atoms. The molecule has 74 valence electrons. The van der Waals surface area contributed by atoms with Gasteiger partial charge in [0.05, 0.1) is 13.3 Å². The molecule has 0 saturated heterocycles. The van der Waals surface area contributed by atoms with Crippen LogP contribution in [0.4, 0.5) is 0 Å². The Labute approximate surface area is 83.6 Å². The number of nitrogens with two attached hydrogens (primary N) is 1. The van der Waals surface area contributed by atoms with Gasteiger partial charge in [0.15, 0.2) is 0 Å². The van der Waals surface area contributed by atoms with Crippen molar-refractivity contribution in [3.8, 4) is 5.75 Å². The molecular formula is C11H14N2O. The standard InChI is InChI=1S/C11H14N2O/c1-14-11-5-9(6-13-7-11)8-2-3-10(12)4-8/h4-7,10H,2-3,12H2,1H3. The third kappa shape index (κ3) is 1.77. The number of allylic oxidation sites excluding steroid dienone is 1. The van der Waals surface area contributed by atoms with E-state index in [0.29, 0.717) is 0 Å². The van der Waals surface area contributed by atoms with Crippen molar-refractivity contribution in [3.05, 3.63) is 30.1 Å². The van der Waals surface area contributed by atoms with Crippen molar-refractivity contribution < 1.29 is 4.74 Å². The molecule has 0 spiro atoms. The van der Waals surface area contributed by atoms with Crippen molar-refractivity contribution in [2.45, 2.75) is 18.9 Å². The fourth-order valence-electron chi connectivity index (χ4n) is 1.69. The van der Waals surface area contributed by atoms with Crippen molar-refractivity contribution in [2.75, 3.05) is 7.11 Å². The van der Waals surface area contributed by atoms with E-state index in [9.17, 15) is 0 Å². The summed E-state index contributed by atoms with van der Waals surface area (Å²) in [6.45, 7) is 0. The van der Waals surface area contributed by atoms with Crippen LogP contribution in [0, 0.1) is 0 Å². The molecule has 0 aromatic carbocycles. The SMILES string of the molecule is COc1cncc(C2=CC(N)CC2)c1. The number of methoxy groups -OCH3 is 1. The van der Waals surface area contributed by atoms with Crippen LogP contribution in [0.3, 0.4) is 0 Å². The molecule has 1 aliphatic carbocycles. The summed E-state index contributed by atoms with van der Waals surface area (Å²) in [5, 5.41) is 0. The van der Waals surface area contributed by atoms with E-state index in [1.165, 1.54) is 5.57 Å². The van der Waals surface area contributed by atoms with Gasteiger partial charge in [-0.25, -0.2) is 0 Å². The summed E-state index contributed by atoms with van der Waals surface area (Å²) in [6.07, 6.45) is 7.74. The highest BCUT2D eigenvalue weighted by molar-refractivity contribution is 5.68. The van der Waals surface area contributed by atoms with Crippen molar-refractivity contribution >= 4 is 5.57 Å². The lowest BCUT2D eigenvalue weighted by atomic mass is 10.1. The zero-order valence-corrected chi connectivity index (χ0v) is 8.23. The Hall–Kier alpha value is -1.35. The number of pyridine rings is 1. The monoisotopic (exact) mass is 190 g/mol. The average Bonchev–Trinajstić information content (AvgIpc) is 2.65. The number of hydrogen-bond acceptors (Lipinski definition) is 3. The normalized spacial score (nSPS) is 20.7. The quantitative estimate of drug-likeness (QED) is 0.770. The van der Waals surface area contributed by atoms with E-state index in [-0.39, 0.29) is 6.04 Å². The summed E-state index contributed by atoms with van der Waals surface area (Å²) in [5.74, 6) is 0.795. The van der Waals surface area contributed by atoms with E-state index in [1.807, 2.05) is 12.3 Å². The Morgan fingerprint density at radius 3 is 3.00 bits per heavy atom. The average molecular weight is 190 g/mol. The van der Waals surface area contributed by atoms with E-state index in [2.05, 4.69) is 11.1 Å². The highest BCUT2D eigenvalue weighted by Gasteiger charge is 2.13. The van der Waals surface area contributed by atoms with Gasteiger partial charge < -0.3 is 10.5 Å². The van der Waals surface area contributed by atoms with Gasteiger partial charge in [-0.2, -0.15) is 0 Å². The van der Waals surface area contributed by atoms with Gasteiger partial charge in [0.2, 0.25) is 0 Å². The van der Waals surface area contributed by atoms with Crippen molar-refractivity contribution in [1.29, 1.82) is 0 Å². The first-order valence-corrected chi connectivity index (χ1v) is 4.75. The van der Waals surface area contributed by atoms with E-state index in [1.54, 1.807) is 13.3 Å². The topological polar surface area (TPSA) is 48.1 Å². The van der Waals surface area contributed by atoms with Crippen molar-refractivity contribution in [3.63, 3.8) is 0 Å². The van der Waals surface area contributed by atoms with Gasteiger partial charge in [-0.15, -0.1) is 0 Å². The largest absolute Gasteiger partial charge is 0.495 e. The second-order valence-electron chi connectivity index (χ2n) is 3.51. The van der Waals surface area contributed by atoms with Crippen LogP contribution >= 0.6 is 0 Å². The molecule has 3 nitrogen and oxygen atoms in total. The minimum atomic E-state index is 0.205. The van der Waals surface area contributed by atoms with Crippen LogP contribution < -0.4 is 10.5 Å². The Morgan fingerprint density at radius 2 is 2.36 bits per heavy atom. The third-order valence-corrected chi connectivity index (χ3v) is 2.48. The number of ether oxygens (including phenoxy) is 1. The minimum Gasteiger partial charge on any atom is -0.495 e. The molecule has 1 atom stereocenters. The van der Waals surface area contributed by atoms with E-state index < -0.39 is 0 Å². The maximum Gasteiger partial charge on any atom is 0.137 e. The lowest BCUT2D eigenvalue weighted by molar-refractivity contribution is 0.412. The van der Waals surface area contributed by atoms with Gasteiger partial charge in [0, 0.05) is 12.2 Å². The first kappa shape index (κ1) is 9.21. The van der Waals surface area contributed by atoms with Crippen LogP contribution in [-0.2, 0) is 0 Å².